The molecule has 1 N–H and O–H groups in total. The number of hydrogen-bond acceptors (Lipinski definition) is 6. The number of aliphatic hydroxyl groups is 1. The van der Waals surface area contributed by atoms with Gasteiger partial charge in [0.2, 0.25) is 0 Å². The lowest BCUT2D eigenvalue weighted by Gasteiger charge is -2.09. The number of nitro groups is 1. The third-order valence-corrected chi connectivity index (χ3v) is 5.54. The fraction of sp³-hybridized carbons (Fsp3) is 0.0500. The highest BCUT2D eigenvalue weighted by Gasteiger charge is 2.23. The van der Waals surface area contributed by atoms with Crippen LogP contribution in [0.1, 0.15) is 16.5 Å². The minimum absolute atomic E-state index is 0.122. The average molecular weight is 413 g/mol. The Bertz CT molecular complexity index is 1160. The van der Waals surface area contributed by atoms with E-state index >= 15 is 0 Å². The zero-order valence-electron chi connectivity index (χ0n) is 14.3. The molecule has 0 amide bonds. The molecule has 2 aromatic heterocycles. The Hall–Kier alpha value is -3.00. The van der Waals surface area contributed by atoms with Gasteiger partial charge in [-0.25, -0.2) is 0 Å². The van der Waals surface area contributed by atoms with Crippen molar-refractivity contribution in [2.45, 2.75) is 6.10 Å². The van der Waals surface area contributed by atoms with Crippen LogP contribution >= 0.6 is 22.9 Å². The van der Waals surface area contributed by atoms with Gasteiger partial charge >= 0.3 is 0 Å². The third-order valence-electron chi connectivity index (χ3n) is 4.17. The van der Waals surface area contributed by atoms with Gasteiger partial charge in [-0.15, -0.1) is 11.3 Å². The third kappa shape index (κ3) is 3.55. The second-order valence-electron chi connectivity index (χ2n) is 5.97. The molecule has 2 heterocycles. The summed E-state index contributed by atoms with van der Waals surface area (Å²) in [4.78, 5) is 15.5. The molecule has 0 aliphatic carbocycles. The Morgan fingerprint density at radius 2 is 1.89 bits per heavy atom. The van der Waals surface area contributed by atoms with Gasteiger partial charge in [0.15, 0.2) is 5.75 Å². The zero-order chi connectivity index (χ0) is 19.7. The van der Waals surface area contributed by atoms with Crippen molar-refractivity contribution in [3.63, 3.8) is 0 Å². The number of pyridine rings is 1. The quantitative estimate of drug-likeness (QED) is 0.334. The molecule has 6 nitrogen and oxygen atoms in total. The van der Waals surface area contributed by atoms with Crippen LogP contribution < -0.4 is 4.74 Å². The molecule has 28 heavy (non-hydrogen) atoms. The predicted molar refractivity (Wildman–Crippen MR) is 108 cm³/mol. The molecule has 0 spiro atoms. The molecule has 0 saturated carbocycles. The van der Waals surface area contributed by atoms with Crippen molar-refractivity contribution < 1.29 is 14.8 Å². The number of para-hydroxylation sites is 1. The number of hydrogen-bond donors (Lipinski definition) is 1. The molecule has 4 rings (SSSR count). The molecule has 4 aromatic rings. The summed E-state index contributed by atoms with van der Waals surface area (Å²) >= 11 is 7.21. The van der Waals surface area contributed by atoms with E-state index in [0.717, 1.165) is 10.1 Å². The van der Waals surface area contributed by atoms with Crippen molar-refractivity contribution in [3.8, 4) is 11.5 Å². The van der Waals surface area contributed by atoms with Crippen LogP contribution in [0.2, 0.25) is 5.02 Å². The number of aromatic nitrogens is 1. The molecule has 140 valence electrons. The van der Waals surface area contributed by atoms with Gasteiger partial charge in [-0.1, -0.05) is 23.7 Å². The Kier molecular flexibility index (Phi) is 4.95. The van der Waals surface area contributed by atoms with Crippen molar-refractivity contribution >= 4 is 38.7 Å². The maximum absolute atomic E-state index is 11.3. The molecule has 0 aliphatic heterocycles. The van der Waals surface area contributed by atoms with Gasteiger partial charge in [0.25, 0.3) is 5.69 Å². The Morgan fingerprint density at radius 3 is 2.64 bits per heavy atom. The lowest BCUT2D eigenvalue weighted by Crippen LogP contribution is -2.02. The van der Waals surface area contributed by atoms with Gasteiger partial charge < -0.3 is 9.84 Å². The van der Waals surface area contributed by atoms with Gasteiger partial charge in [-0.2, -0.15) is 0 Å². The van der Waals surface area contributed by atoms with Crippen molar-refractivity contribution in [3.05, 3.63) is 92.6 Å². The molecule has 0 bridgehead atoms. The number of benzene rings is 2. The summed E-state index contributed by atoms with van der Waals surface area (Å²) in [5.74, 6) is 1.13. The number of nitrogens with zero attached hydrogens (tertiary/aromatic N) is 2. The highest BCUT2D eigenvalue weighted by atomic mass is 35.5. The number of nitro benzene ring substituents is 1. The minimum Gasteiger partial charge on any atom is -0.455 e. The Morgan fingerprint density at radius 1 is 1.14 bits per heavy atom. The summed E-state index contributed by atoms with van der Waals surface area (Å²) in [7, 11) is 0. The first-order valence-corrected chi connectivity index (χ1v) is 9.44. The van der Waals surface area contributed by atoms with Crippen molar-refractivity contribution in [2.75, 3.05) is 0 Å². The zero-order valence-corrected chi connectivity index (χ0v) is 15.9. The molecule has 1 atom stereocenters. The van der Waals surface area contributed by atoms with Crippen LogP contribution in [0.5, 0.6) is 11.5 Å². The summed E-state index contributed by atoms with van der Waals surface area (Å²) in [6.07, 6.45) is 2.14. The number of ether oxygens (including phenoxy) is 1. The van der Waals surface area contributed by atoms with E-state index in [9.17, 15) is 15.2 Å². The number of rotatable bonds is 5. The fourth-order valence-electron chi connectivity index (χ4n) is 2.84. The fourth-order valence-corrected chi connectivity index (χ4v) is 4.02. The second kappa shape index (κ2) is 7.55. The summed E-state index contributed by atoms with van der Waals surface area (Å²) < 4.78 is 6.71. The molecular weight excluding hydrogens is 400 g/mol. The summed E-state index contributed by atoms with van der Waals surface area (Å²) in [5, 5.41) is 23.4. The summed E-state index contributed by atoms with van der Waals surface area (Å²) in [5.41, 5.74) is 0.121. The van der Waals surface area contributed by atoms with Gasteiger partial charge in [0, 0.05) is 27.5 Å². The van der Waals surface area contributed by atoms with E-state index in [-0.39, 0.29) is 11.3 Å². The molecule has 1 unspecified atom stereocenters. The van der Waals surface area contributed by atoms with Gasteiger partial charge in [-0.05, 0) is 36.4 Å². The van der Waals surface area contributed by atoms with Crippen LogP contribution in [0.4, 0.5) is 5.69 Å². The van der Waals surface area contributed by atoms with Crippen LogP contribution in [0.15, 0.2) is 67.0 Å². The summed E-state index contributed by atoms with van der Waals surface area (Å²) in [6, 6.07) is 14.9. The lowest BCUT2D eigenvalue weighted by atomic mass is 10.1. The molecule has 0 fully saturated rings. The minimum atomic E-state index is -1.12. The molecule has 0 aliphatic rings. The number of thiophene rings is 1. The number of halogens is 1. The maximum atomic E-state index is 11.3. The monoisotopic (exact) mass is 412 g/mol. The first-order chi connectivity index (χ1) is 13.5. The van der Waals surface area contributed by atoms with E-state index in [0.29, 0.717) is 21.4 Å². The highest BCUT2D eigenvalue weighted by molar-refractivity contribution is 7.19. The topological polar surface area (TPSA) is 85.5 Å². The Balaban J connectivity index is 1.72. The van der Waals surface area contributed by atoms with E-state index in [1.54, 1.807) is 60.9 Å². The predicted octanol–water partition coefficient (Wildman–Crippen LogP) is 5.73. The maximum Gasteiger partial charge on any atom is 0.275 e. The van der Waals surface area contributed by atoms with Crippen molar-refractivity contribution in [1.82, 2.24) is 4.98 Å². The molecule has 0 radical (unpaired) electrons. The first kappa shape index (κ1) is 18.4. The van der Waals surface area contributed by atoms with E-state index in [4.69, 9.17) is 16.3 Å². The van der Waals surface area contributed by atoms with Crippen LogP contribution in [0.3, 0.4) is 0 Å². The van der Waals surface area contributed by atoms with Crippen LogP contribution in [-0.2, 0) is 0 Å². The normalized spacial score (nSPS) is 12.1. The Labute approximate surface area is 168 Å². The van der Waals surface area contributed by atoms with Crippen LogP contribution in [0.25, 0.3) is 10.1 Å². The van der Waals surface area contributed by atoms with E-state index < -0.39 is 11.0 Å². The van der Waals surface area contributed by atoms with Crippen LogP contribution in [-0.4, -0.2) is 15.0 Å². The summed E-state index contributed by atoms with van der Waals surface area (Å²) in [6.45, 7) is 0. The van der Waals surface area contributed by atoms with Crippen LogP contribution in [0, 0.1) is 10.1 Å². The molecular formula is C20H13ClN2O4S. The van der Waals surface area contributed by atoms with E-state index in [2.05, 4.69) is 4.98 Å². The standard InChI is InChI=1S/C20H13ClN2O4S/c21-12-5-7-13(8-6-12)27-17-10-22-11-19-15(17)9-18(28-19)20(24)14-3-1-2-4-16(14)23(25)26/h1-11,20,24H. The second-order valence-corrected chi connectivity index (χ2v) is 7.52. The van der Waals surface area contributed by atoms with Gasteiger partial charge in [0.1, 0.15) is 11.9 Å². The average Bonchev–Trinajstić information content (AvgIpc) is 3.14. The largest absolute Gasteiger partial charge is 0.455 e. The SMILES string of the molecule is O=[N+]([O-])c1ccccc1C(O)c1cc2c(Oc3ccc(Cl)cc3)cncc2s1. The number of aliphatic hydroxyl groups excluding tert-OH is 1. The van der Waals surface area contributed by atoms with Crippen molar-refractivity contribution in [1.29, 1.82) is 0 Å². The van der Waals surface area contributed by atoms with Gasteiger partial charge in [0.05, 0.1) is 21.4 Å². The molecule has 2 aromatic carbocycles. The molecule has 0 saturated heterocycles. The van der Waals surface area contributed by atoms with E-state index in [1.165, 1.54) is 17.4 Å². The van der Waals surface area contributed by atoms with Crippen molar-refractivity contribution in [2.24, 2.45) is 0 Å². The smallest absolute Gasteiger partial charge is 0.275 e. The highest BCUT2D eigenvalue weighted by Crippen LogP contribution is 2.40. The first-order valence-electron chi connectivity index (χ1n) is 8.25. The van der Waals surface area contributed by atoms with E-state index in [1.807, 2.05) is 0 Å². The lowest BCUT2D eigenvalue weighted by molar-refractivity contribution is -0.386. The number of fused-ring (bicyclic) bond motifs is 1. The molecule has 8 heteroatoms. The van der Waals surface area contributed by atoms with Gasteiger partial charge in [-0.3, -0.25) is 15.1 Å².